The van der Waals surface area contributed by atoms with Gasteiger partial charge in [-0.3, -0.25) is 4.55 Å². The molecule has 1 atom stereocenters. The zero-order valence-corrected chi connectivity index (χ0v) is 11.7. The van der Waals surface area contributed by atoms with Gasteiger partial charge in [0.1, 0.15) is 0 Å². The van der Waals surface area contributed by atoms with Crippen LogP contribution in [0.3, 0.4) is 0 Å². The molecule has 1 aliphatic rings. The second-order valence-electron chi connectivity index (χ2n) is 4.65. The van der Waals surface area contributed by atoms with Crippen molar-refractivity contribution in [2.45, 2.75) is 57.9 Å². The summed E-state index contributed by atoms with van der Waals surface area (Å²) in [6.45, 7) is 2.16. The van der Waals surface area contributed by atoms with Gasteiger partial charge in [-0.05, 0) is 31.6 Å². The van der Waals surface area contributed by atoms with E-state index in [-0.39, 0.29) is 6.04 Å². The van der Waals surface area contributed by atoms with Crippen molar-refractivity contribution >= 4 is 19.2 Å². The minimum absolute atomic E-state index is 0.172. The molecule has 1 fully saturated rings. The number of hydrogen-bond donors (Lipinski definition) is 2. The smallest absolute Gasteiger partial charge is 0.293 e. The van der Waals surface area contributed by atoms with Gasteiger partial charge in [0.15, 0.2) is 0 Å². The van der Waals surface area contributed by atoms with E-state index in [0.717, 1.165) is 25.7 Å². The van der Waals surface area contributed by atoms with Crippen molar-refractivity contribution < 1.29 is 17.2 Å². The van der Waals surface area contributed by atoms with Gasteiger partial charge >= 0.3 is 9.06 Å². The van der Waals surface area contributed by atoms with E-state index in [0.29, 0.717) is 5.92 Å². The molecule has 0 radical (unpaired) electrons. The van der Waals surface area contributed by atoms with Crippen molar-refractivity contribution in [3.8, 4) is 0 Å². The zero-order valence-electron chi connectivity index (χ0n) is 10.1. The summed E-state index contributed by atoms with van der Waals surface area (Å²) in [6, 6.07) is -0.172. The Bertz CT molecular complexity index is 347. The van der Waals surface area contributed by atoms with Gasteiger partial charge in [0.25, 0.3) is 10.1 Å². The van der Waals surface area contributed by atoms with E-state index < -0.39 is 19.2 Å². The summed E-state index contributed by atoms with van der Waals surface area (Å²) in [5, 5.41) is 0. The lowest BCUT2D eigenvalue weighted by Crippen LogP contribution is -2.39. The van der Waals surface area contributed by atoms with E-state index in [2.05, 4.69) is 11.6 Å². The first kappa shape index (κ1) is 15.1. The van der Waals surface area contributed by atoms with Gasteiger partial charge in [0.05, 0.1) is 0 Å². The van der Waals surface area contributed by atoms with Crippen molar-refractivity contribution in [2.75, 3.05) is 0 Å². The number of rotatable bonds is 6. The molecule has 0 amide bonds. The van der Waals surface area contributed by atoms with E-state index in [1.165, 1.54) is 19.3 Å². The summed E-state index contributed by atoms with van der Waals surface area (Å²) in [7, 11) is -6.88. The molecule has 0 aromatic carbocycles. The second kappa shape index (κ2) is 6.82. The minimum Gasteiger partial charge on any atom is -0.293 e. The fraction of sp³-hybridized carbons (Fsp3) is 1.00. The Kier molecular flexibility index (Phi) is 6.05. The monoisotopic (exact) mass is 283 g/mol. The lowest BCUT2D eigenvalue weighted by Gasteiger charge is -2.28. The van der Waals surface area contributed by atoms with Crippen molar-refractivity contribution in [3.05, 3.63) is 0 Å². The van der Waals surface area contributed by atoms with Gasteiger partial charge in [0.2, 0.25) is 0 Å². The molecular formula is C10H21NO4S2. The van der Waals surface area contributed by atoms with Gasteiger partial charge in [0, 0.05) is 6.04 Å². The van der Waals surface area contributed by atoms with Gasteiger partial charge in [-0.25, -0.2) is 4.21 Å². The molecule has 0 aromatic heterocycles. The van der Waals surface area contributed by atoms with E-state index in [4.69, 9.17) is 4.55 Å². The lowest BCUT2D eigenvalue weighted by atomic mass is 9.83. The highest BCUT2D eigenvalue weighted by Gasteiger charge is 2.27. The van der Waals surface area contributed by atoms with Crippen LogP contribution in [-0.4, -0.2) is 23.2 Å². The molecule has 0 aliphatic heterocycles. The molecule has 1 unspecified atom stereocenters. The average Bonchev–Trinajstić information content (AvgIpc) is 2.27. The molecule has 0 spiro atoms. The van der Waals surface area contributed by atoms with E-state index in [1.807, 2.05) is 0 Å². The Labute approximate surface area is 105 Å². The average molecular weight is 283 g/mol. The highest BCUT2D eigenvalue weighted by Crippen LogP contribution is 2.28. The second-order valence-corrected chi connectivity index (χ2v) is 8.40. The SMILES string of the molecule is CCCCC1CCC(NS(=O)(=O)S(=O)O)CC1. The molecule has 102 valence electrons. The normalized spacial score (nSPS) is 27.9. The summed E-state index contributed by atoms with van der Waals surface area (Å²) in [5.74, 6) is 0.690. The Balaban J connectivity index is 2.35. The van der Waals surface area contributed by atoms with Crippen LogP contribution in [0.15, 0.2) is 0 Å². The zero-order chi connectivity index (χ0) is 12.9. The number of nitrogens with one attached hydrogen (secondary N) is 1. The molecule has 2 N–H and O–H groups in total. The predicted molar refractivity (Wildman–Crippen MR) is 68.1 cm³/mol. The van der Waals surface area contributed by atoms with Crippen LogP contribution in [0.2, 0.25) is 0 Å². The molecule has 7 heteroatoms. The van der Waals surface area contributed by atoms with E-state index in [1.54, 1.807) is 0 Å². The highest BCUT2D eigenvalue weighted by molar-refractivity contribution is 8.61. The largest absolute Gasteiger partial charge is 0.318 e. The number of unbranched alkanes of at least 4 members (excludes halogenated alkanes) is 1. The van der Waals surface area contributed by atoms with Gasteiger partial charge in [-0.15, -0.1) is 0 Å². The standard InChI is InChI=1S/C10H21NO4S2/c1-2-3-4-9-5-7-10(8-6-9)11-17(14,15)16(12)13/h9-11H,2-8H2,1H3,(H,12,13). The highest BCUT2D eigenvalue weighted by atomic mass is 33.2. The van der Waals surface area contributed by atoms with Crippen LogP contribution in [0.5, 0.6) is 0 Å². The maximum Gasteiger partial charge on any atom is 0.318 e. The maximum atomic E-state index is 11.2. The third-order valence-electron chi connectivity index (χ3n) is 3.31. The molecule has 17 heavy (non-hydrogen) atoms. The Morgan fingerprint density at radius 3 is 2.35 bits per heavy atom. The Morgan fingerprint density at radius 2 is 1.88 bits per heavy atom. The fourth-order valence-electron chi connectivity index (χ4n) is 2.31. The van der Waals surface area contributed by atoms with Crippen LogP contribution in [0, 0.1) is 5.92 Å². The van der Waals surface area contributed by atoms with Gasteiger partial charge in [-0.1, -0.05) is 26.2 Å². The summed E-state index contributed by atoms with van der Waals surface area (Å²) >= 11 is 0. The molecular weight excluding hydrogens is 262 g/mol. The molecule has 0 saturated heterocycles. The fourth-order valence-corrected chi connectivity index (χ4v) is 3.69. The van der Waals surface area contributed by atoms with Crippen LogP contribution in [0.25, 0.3) is 0 Å². The topological polar surface area (TPSA) is 83.5 Å². The Hall–Kier alpha value is 0.0200. The van der Waals surface area contributed by atoms with E-state index >= 15 is 0 Å². The molecule has 1 aliphatic carbocycles. The first-order chi connectivity index (χ1) is 7.95. The number of hydrogen-bond acceptors (Lipinski definition) is 3. The Morgan fingerprint density at radius 1 is 1.29 bits per heavy atom. The van der Waals surface area contributed by atoms with Crippen LogP contribution >= 0.6 is 0 Å². The minimum atomic E-state index is -4.05. The predicted octanol–water partition coefficient (Wildman–Crippen LogP) is 1.79. The van der Waals surface area contributed by atoms with Gasteiger partial charge < -0.3 is 0 Å². The summed E-state index contributed by atoms with van der Waals surface area (Å²) in [4.78, 5) is 0. The summed E-state index contributed by atoms with van der Waals surface area (Å²) in [5.41, 5.74) is 0. The van der Waals surface area contributed by atoms with Crippen molar-refractivity contribution in [3.63, 3.8) is 0 Å². The molecule has 0 aromatic rings. The van der Waals surface area contributed by atoms with Crippen molar-refractivity contribution in [2.24, 2.45) is 5.92 Å². The molecule has 0 bridgehead atoms. The van der Waals surface area contributed by atoms with Crippen LogP contribution < -0.4 is 4.72 Å². The van der Waals surface area contributed by atoms with Crippen LogP contribution in [0.4, 0.5) is 0 Å². The molecule has 1 rings (SSSR count). The third kappa shape index (κ3) is 5.03. The van der Waals surface area contributed by atoms with Crippen LogP contribution in [0.1, 0.15) is 51.9 Å². The molecule has 1 saturated carbocycles. The lowest BCUT2D eigenvalue weighted by molar-refractivity contribution is 0.294. The van der Waals surface area contributed by atoms with Crippen LogP contribution in [-0.2, 0) is 19.2 Å². The third-order valence-corrected chi connectivity index (χ3v) is 5.72. The first-order valence-electron chi connectivity index (χ1n) is 6.09. The first-order valence-corrected chi connectivity index (χ1v) is 9.20. The van der Waals surface area contributed by atoms with Crippen molar-refractivity contribution in [1.29, 1.82) is 0 Å². The van der Waals surface area contributed by atoms with E-state index in [9.17, 15) is 12.6 Å². The van der Waals surface area contributed by atoms with Crippen molar-refractivity contribution in [1.82, 2.24) is 4.72 Å². The molecule has 0 heterocycles. The summed E-state index contributed by atoms with van der Waals surface area (Å²) in [6.07, 6.45) is 7.17. The van der Waals surface area contributed by atoms with Gasteiger partial charge in [-0.2, -0.15) is 13.1 Å². The quantitative estimate of drug-likeness (QED) is 0.575. The molecule has 5 nitrogen and oxygen atoms in total. The maximum absolute atomic E-state index is 11.2. The summed E-state index contributed by atoms with van der Waals surface area (Å²) < 4.78 is 43.8.